The van der Waals surface area contributed by atoms with Crippen molar-refractivity contribution in [2.75, 3.05) is 13.7 Å². The first kappa shape index (κ1) is 8.52. The average molecular weight is 174 g/mol. The summed E-state index contributed by atoms with van der Waals surface area (Å²) in [6.45, 7) is 2.95. The van der Waals surface area contributed by atoms with Gasteiger partial charge in [0.25, 0.3) is 0 Å². The second-order valence-corrected chi connectivity index (χ2v) is 3.50. The van der Waals surface area contributed by atoms with Gasteiger partial charge in [-0.15, -0.1) is 0 Å². The van der Waals surface area contributed by atoms with Crippen molar-refractivity contribution in [2.45, 2.75) is 12.8 Å². The van der Waals surface area contributed by atoms with Crippen molar-refractivity contribution in [1.29, 1.82) is 0 Å². The Hall–Kier alpha value is -1.08. The van der Waals surface area contributed by atoms with E-state index in [1.165, 1.54) is 16.7 Å². The molecule has 0 amide bonds. The number of fused-ring (bicyclic) bond motifs is 1. The van der Waals surface area contributed by atoms with Gasteiger partial charge in [-0.05, 0) is 23.6 Å². The van der Waals surface area contributed by atoms with E-state index in [1.54, 1.807) is 7.11 Å². The molecule has 68 valence electrons. The van der Waals surface area contributed by atoms with Crippen molar-refractivity contribution in [3.63, 3.8) is 0 Å². The minimum absolute atomic E-state index is 0.459. The Balaban J connectivity index is 2.39. The van der Waals surface area contributed by atoms with Gasteiger partial charge in [0.2, 0.25) is 0 Å². The highest BCUT2D eigenvalue weighted by Gasteiger charge is 2.18. The van der Waals surface area contributed by atoms with Gasteiger partial charge in [-0.1, -0.05) is 30.4 Å². The van der Waals surface area contributed by atoms with Gasteiger partial charge in [0.05, 0.1) is 6.61 Å². The lowest BCUT2D eigenvalue weighted by atomic mass is 9.96. The average Bonchev–Trinajstić information content (AvgIpc) is 2.51. The van der Waals surface area contributed by atoms with Crippen LogP contribution in [0, 0.1) is 6.92 Å². The third kappa shape index (κ3) is 1.40. The lowest BCUT2D eigenvalue weighted by molar-refractivity contribution is 0.192. The van der Waals surface area contributed by atoms with Gasteiger partial charge in [-0.3, -0.25) is 0 Å². The topological polar surface area (TPSA) is 9.23 Å². The molecule has 1 aliphatic rings. The Morgan fingerprint density at radius 1 is 1.38 bits per heavy atom. The maximum atomic E-state index is 5.19. The van der Waals surface area contributed by atoms with Gasteiger partial charge in [0.1, 0.15) is 0 Å². The summed E-state index contributed by atoms with van der Waals surface area (Å²) in [5, 5.41) is 0. The SMILES string of the molecule is COCC1C=Cc2cccc(C)c21. The molecule has 0 saturated heterocycles. The second kappa shape index (κ2) is 3.35. The molecule has 1 aromatic rings. The summed E-state index contributed by atoms with van der Waals surface area (Å²) in [6.07, 6.45) is 4.41. The predicted molar refractivity (Wildman–Crippen MR) is 54.8 cm³/mol. The summed E-state index contributed by atoms with van der Waals surface area (Å²) >= 11 is 0. The number of rotatable bonds is 2. The number of hydrogen-bond donors (Lipinski definition) is 0. The van der Waals surface area contributed by atoms with Crippen molar-refractivity contribution in [3.8, 4) is 0 Å². The summed E-state index contributed by atoms with van der Waals surface area (Å²) in [6, 6.07) is 6.43. The fourth-order valence-electron chi connectivity index (χ4n) is 1.99. The fraction of sp³-hybridized carbons (Fsp3) is 0.333. The summed E-state index contributed by atoms with van der Waals surface area (Å²) in [4.78, 5) is 0. The second-order valence-electron chi connectivity index (χ2n) is 3.50. The van der Waals surface area contributed by atoms with E-state index in [1.807, 2.05) is 0 Å². The highest BCUT2D eigenvalue weighted by atomic mass is 16.5. The van der Waals surface area contributed by atoms with Crippen LogP contribution in [0.15, 0.2) is 24.3 Å². The maximum Gasteiger partial charge on any atom is 0.0566 e. The first-order valence-corrected chi connectivity index (χ1v) is 4.59. The molecule has 13 heavy (non-hydrogen) atoms. The highest BCUT2D eigenvalue weighted by Crippen LogP contribution is 2.32. The maximum absolute atomic E-state index is 5.19. The number of methoxy groups -OCH3 is 1. The lowest BCUT2D eigenvalue weighted by Gasteiger charge is -2.12. The van der Waals surface area contributed by atoms with Gasteiger partial charge < -0.3 is 4.74 Å². The smallest absolute Gasteiger partial charge is 0.0566 e. The van der Waals surface area contributed by atoms with E-state index < -0.39 is 0 Å². The highest BCUT2D eigenvalue weighted by molar-refractivity contribution is 5.64. The van der Waals surface area contributed by atoms with E-state index in [0.29, 0.717) is 5.92 Å². The van der Waals surface area contributed by atoms with E-state index in [9.17, 15) is 0 Å². The minimum atomic E-state index is 0.459. The number of benzene rings is 1. The van der Waals surface area contributed by atoms with Crippen molar-refractivity contribution >= 4 is 6.08 Å². The zero-order chi connectivity index (χ0) is 9.26. The molecule has 0 bridgehead atoms. The molecule has 1 aliphatic carbocycles. The number of hydrogen-bond acceptors (Lipinski definition) is 1. The van der Waals surface area contributed by atoms with Gasteiger partial charge >= 0.3 is 0 Å². The molecule has 0 radical (unpaired) electrons. The van der Waals surface area contributed by atoms with E-state index in [4.69, 9.17) is 4.74 Å². The van der Waals surface area contributed by atoms with Crippen LogP contribution in [0.1, 0.15) is 22.6 Å². The molecule has 0 saturated carbocycles. The van der Waals surface area contributed by atoms with E-state index >= 15 is 0 Å². The van der Waals surface area contributed by atoms with Crippen LogP contribution in [0.25, 0.3) is 6.08 Å². The number of ether oxygens (including phenoxy) is 1. The van der Waals surface area contributed by atoms with Crippen LogP contribution in [0.4, 0.5) is 0 Å². The molecule has 0 fully saturated rings. The predicted octanol–water partition coefficient (Wildman–Crippen LogP) is 2.75. The first-order valence-electron chi connectivity index (χ1n) is 4.59. The van der Waals surface area contributed by atoms with E-state index in [-0.39, 0.29) is 0 Å². The Morgan fingerprint density at radius 3 is 3.00 bits per heavy atom. The molecule has 0 spiro atoms. The standard InChI is InChI=1S/C12H14O/c1-9-4-3-5-10-6-7-11(8-13-2)12(9)10/h3-7,11H,8H2,1-2H3. The Morgan fingerprint density at radius 2 is 2.23 bits per heavy atom. The van der Waals surface area contributed by atoms with Gasteiger partial charge in [0.15, 0.2) is 0 Å². The summed E-state index contributed by atoms with van der Waals surface area (Å²) < 4.78 is 5.19. The Labute approximate surface area is 79.0 Å². The molecule has 1 unspecified atom stereocenters. The van der Waals surface area contributed by atoms with Crippen molar-refractivity contribution in [3.05, 3.63) is 41.0 Å². The van der Waals surface area contributed by atoms with Crippen molar-refractivity contribution < 1.29 is 4.74 Å². The summed E-state index contributed by atoms with van der Waals surface area (Å²) in [5.74, 6) is 0.459. The van der Waals surface area contributed by atoms with Crippen LogP contribution in [0.5, 0.6) is 0 Å². The molecule has 1 atom stereocenters. The molecular weight excluding hydrogens is 160 g/mol. The molecule has 0 aliphatic heterocycles. The van der Waals surface area contributed by atoms with Gasteiger partial charge in [-0.25, -0.2) is 0 Å². The van der Waals surface area contributed by atoms with Crippen LogP contribution >= 0.6 is 0 Å². The third-order valence-corrected chi connectivity index (χ3v) is 2.58. The largest absolute Gasteiger partial charge is 0.384 e. The number of aryl methyl sites for hydroxylation is 1. The molecule has 1 heteroatoms. The zero-order valence-corrected chi connectivity index (χ0v) is 8.08. The molecule has 2 rings (SSSR count). The quantitative estimate of drug-likeness (QED) is 0.670. The Bertz CT molecular complexity index is 339. The summed E-state index contributed by atoms with van der Waals surface area (Å²) in [5.41, 5.74) is 4.15. The summed E-state index contributed by atoms with van der Waals surface area (Å²) in [7, 11) is 1.75. The molecule has 1 aromatic carbocycles. The Kier molecular flexibility index (Phi) is 2.19. The fourth-order valence-corrected chi connectivity index (χ4v) is 1.99. The molecule has 0 aromatic heterocycles. The van der Waals surface area contributed by atoms with Crippen LogP contribution < -0.4 is 0 Å². The molecule has 0 heterocycles. The lowest BCUT2D eigenvalue weighted by Crippen LogP contribution is -2.03. The molecular formula is C12H14O. The van der Waals surface area contributed by atoms with Crippen LogP contribution in [0.3, 0.4) is 0 Å². The van der Waals surface area contributed by atoms with Crippen LogP contribution in [0.2, 0.25) is 0 Å². The van der Waals surface area contributed by atoms with Crippen LogP contribution in [-0.2, 0) is 4.74 Å². The van der Waals surface area contributed by atoms with Gasteiger partial charge in [-0.2, -0.15) is 0 Å². The minimum Gasteiger partial charge on any atom is -0.384 e. The molecule has 1 nitrogen and oxygen atoms in total. The first-order chi connectivity index (χ1) is 6.33. The van der Waals surface area contributed by atoms with E-state index in [2.05, 4.69) is 37.3 Å². The van der Waals surface area contributed by atoms with Gasteiger partial charge in [0, 0.05) is 13.0 Å². The monoisotopic (exact) mass is 174 g/mol. The third-order valence-electron chi connectivity index (χ3n) is 2.58. The zero-order valence-electron chi connectivity index (χ0n) is 8.08. The normalized spacial score (nSPS) is 19.1. The van der Waals surface area contributed by atoms with Crippen molar-refractivity contribution in [1.82, 2.24) is 0 Å². The van der Waals surface area contributed by atoms with Crippen molar-refractivity contribution in [2.24, 2.45) is 0 Å². The van der Waals surface area contributed by atoms with E-state index in [0.717, 1.165) is 6.61 Å². The molecule has 0 N–H and O–H groups in total. The van der Waals surface area contributed by atoms with Crippen LogP contribution in [-0.4, -0.2) is 13.7 Å².